The zero-order valence-corrected chi connectivity index (χ0v) is 18.2. The fourth-order valence-corrected chi connectivity index (χ4v) is 4.46. The van der Waals surface area contributed by atoms with Crippen LogP contribution in [0.4, 0.5) is 0 Å². The van der Waals surface area contributed by atoms with Gasteiger partial charge in [-0.25, -0.2) is 8.99 Å². The lowest BCUT2D eigenvalue weighted by Gasteiger charge is -2.36. The summed E-state index contributed by atoms with van der Waals surface area (Å²) in [5.74, 6) is 0. The Morgan fingerprint density at radius 2 is 1.06 bits per heavy atom. The van der Waals surface area contributed by atoms with E-state index >= 15 is 0 Å². The summed E-state index contributed by atoms with van der Waals surface area (Å²) in [6.45, 7) is 0.363. The van der Waals surface area contributed by atoms with Gasteiger partial charge in [-0.3, -0.25) is 0 Å². The van der Waals surface area contributed by atoms with E-state index < -0.39 is 15.3 Å². The van der Waals surface area contributed by atoms with Gasteiger partial charge in [-0.2, -0.15) is 0 Å². The average molecular weight is 428 g/mol. The first kappa shape index (κ1) is 21.0. The minimum atomic E-state index is -2.73. The summed E-state index contributed by atoms with van der Waals surface area (Å²) in [6.07, 6.45) is 1.43. The number of ether oxygens (including phenoxy) is 1. The molecule has 0 aliphatic carbocycles. The molecule has 0 heterocycles. The smallest absolute Gasteiger partial charge is 0.144 e. The van der Waals surface area contributed by atoms with Crippen LogP contribution in [-0.4, -0.2) is 10.5 Å². The molecule has 3 nitrogen and oxygen atoms in total. The van der Waals surface area contributed by atoms with Gasteiger partial charge in [0.1, 0.15) is 5.60 Å². The van der Waals surface area contributed by atoms with Crippen molar-refractivity contribution in [2.24, 2.45) is 0 Å². The highest BCUT2D eigenvalue weighted by Crippen LogP contribution is 2.41. The SMILES string of the molecule is CS(=N)(=O)c1ccc(COC(c2ccccc2)(c2ccccc2)c2ccccc2)cc1. The lowest BCUT2D eigenvalue weighted by atomic mass is 9.80. The van der Waals surface area contributed by atoms with Crippen molar-refractivity contribution in [2.45, 2.75) is 17.1 Å². The predicted octanol–water partition coefficient (Wildman–Crippen LogP) is 6.23. The van der Waals surface area contributed by atoms with Crippen LogP contribution in [0.5, 0.6) is 0 Å². The van der Waals surface area contributed by atoms with Gasteiger partial charge in [0.15, 0.2) is 0 Å². The van der Waals surface area contributed by atoms with E-state index in [1.807, 2.05) is 66.7 Å². The molecule has 0 bridgehead atoms. The van der Waals surface area contributed by atoms with Crippen molar-refractivity contribution in [1.82, 2.24) is 0 Å². The van der Waals surface area contributed by atoms with Gasteiger partial charge in [-0.15, -0.1) is 0 Å². The second kappa shape index (κ2) is 8.88. The second-order valence-electron chi connectivity index (χ2n) is 7.56. The highest BCUT2D eigenvalue weighted by molar-refractivity contribution is 7.91. The van der Waals surface area contributed by atoms with Crippen molar-refractivity contribution in [3.8, 4) is 0 Å². The van der Waals surface area contributed by atoms with Crippen LogP contribution >= 0.6 is 0 Å². The van der Waals surface area contributed by atoms with Crippen molar-refractivity contribution < 1.29 is 8.95 Å². The molecule has 156 valence electrons. The minimum absolute atomic E-state index is 0.363. The van der Waals surface area contributed by atoms with E-state index in [9.17, 15) is 4.21 Å². The van der Waals surface area contributed by atoms with Crippen molar-refractivity contribution >= 4 is 9.73 Å². The summed E-state index contributed by atoms with van der Waals surface area (Å²) < 4.78 is 26.6. The van der Waals surface area contributed by atoms with E-state index in [0.717, 1.165) is 22.3 Å². The molecular weight excluding hydrogens is 402 g/mol. The number of hydrogen-bond donors (Lipinski definition) is 1. The van der Waals surface area contributed by atoms with Crippen LogP contribution in [0, 0.1) is 4.78 Å². The fourth-order valence-electron chi connectivity index (χ4n) is 3.81. The topological polar surface area (TPSA) is 50.2 Å². The summed E-state index contributed by atoms with van der Waals surface area (Å²) >= 11 is 0. The summed E-state index contributed by atoms with van der Waals surface area (Å²) in [7, 11) is -2.73. The maximum atomic E-state index is 12.0. The predicted molar refractivity (Wildman–Crippen MR) is 125 cm³/mol. The van der Waals surface area contributed by atoms with Crippen LogP contribution in [0.15, 0.2) is 120 Å². The Balaban J connectivity index is 1.81. The molecule has 4 aromatic rings. The lowest BCUT2D eigenvalue weighted by molar-refractivity contribution is 0.000224. The van der Waals surface area contributed by atoms with Gasteiger partial charge in [0.2, 0.25) is 0 Å². The molecule has 0 spiro atoms. The quantitative estimate of drug-likeness (QED) is 0.355. The third kappa shape index (κ3) is 4.46. The van der Waals surface area contributed by atoms with Gasteiger partial charge < -0.3 is 4.74 Å². The van der Waals surface area contributed by atoms with Gasteiger partial charge >= 0.3 is 0 Å². The second-order valence-corrected chi connectivity index (χ2v) is 9.71. The molecule has 0 aromatic heterocycles. The zero-order chi connectivity index (χ0) is 21.7. The highest BCUT2D eigenvalue weighted by atomic mass is 32.2. The van der Waals surface area contributed by atoms with Crippen LogP contribution in [0.25, 0.3) is 0 Å². The molecule has 1 atom stereocenters. The lowest BCUT2D eigenvalue weighted by Crippen LogP contribution is -2.32. The Morgan fingerprint density at radius 1 is 0.677 bits per heavy atom. The van der Waals surface area contributed by atoms with E-state index in [0.29, 0.717) is 11.5 Å². The fraction of sp³-hybridized carbons (Fsp3) is 0.111. The van der Waals surface area contributed by atoms with E-state index in [1.54, 1.807) is 12.1 Å². The molecule has 0 aliphatic rings. The van der Waals surface area contributed by atoms with Gasteiger partial charge in [0.05, 0.1) is 16.3 Å². The largest absolute Gasteiger partial charge is 0.356 e. The van der Waals surface area contributed by atoms with Crippen molar-refractivity contribution in [2.75, 3.05) is 6.26 Å². The minimum Gasteiger partial charge on any atom is -0.356 e. The van der Waals surface area contributed by atoms with Crippen LogP contribution < -0.4 is 0 Å². The van der Waals surface area contributed by atoms with Gasteiger partial charge in [-0.05, 0) is 34.4 Å². The van der Waals surface area contributed by atoms with Gasteiger partial charge in [0, 0.05) is 11.2 Å². The summed E-state index contributed by atoms with van der Waals surface area (Å²) in [5, 5.41) is 0. The first-order valence-corrected chi connectivity index (χ1v) is 12.1. The third-order valence-corrected chi connectivity index (χ3v) is 6.54. The third-order valence-electron chi connectivity index (χ3n) is 5.37. The molecular formula is C27H25NO2S. The van der Waals surface area contributed by atoms with E-state index in [-0.39, 0.29) is 0 Å². The number of hydrogen-bond acceptors (Lipinski definition) is 3. The first-order chi connectivity index (χ1) is 15.0. The highest BCUT2D eigenvalue weighted by Gasteiger charge is 2.37. The molecule has 4 aromatic carbocycles. The van der Waals surface area contributed by atoms with E-state index in [1.165, 1.54) is 6.26 Å². The number of benzene rings is 4. The molecule has 0 amide bonds. The Hall–Kier alpha value is -3.21. The first-order valence-electron chi connectivity index (χ1n) is 10.1. The summed E-state index contributed by atoms with van der Waals surface area (Å²) in [6, 6.07) is 38.0. The number of nitrogens with one attached hydrogen (secondary N) is 1. The van der Waals surface area contributed by atoms with Gasteiger partial charge in [0.25, 0.3) is 0 Å². The Bertz CT molecular complexity index is 1120. The van der Waals surface area contributed by atoms with Crippen LogP contribution in [0.2, 0.25) is 0 Å². The molecule has 1 N–H and O–H groups in total. The maximum Gasteiger partial charge on any atom is 0.144 e. The molecule has 0 fully saturated rings. The molecule has 4 heteroatoms. The van der Waals surface area contributed by atoms with Crippen molar-refractivity contribution in [3.05, 3.63) is 138 Å². The maximum absolute atomic E-state index is 12.0. The Morgan fingerprint density at radius 3 is 1.42 bits per heavy atom. The van der Waals surface area contributed by atoms with Gasteiger partial charge in [-0.1, -0.05) is 103 Å². The van der Waals surface area contributed by atoms with Crippen molar-refractivity contribution in [3.63, 3.8) is 0 Å². The van der Waals surface area contributed by atoms with Crippen LogP contribution in [-0.2, 0) is 26.7 Å². The number of rotatable bonds is 7. The monoisotopic (exact) mass is 427 g/mol. The molecule has 0 saturated carbocycles. The Kier molecular flexibility index (Phi) is 6.03. The van der Waals surface area contributed by atoms with E-state index in [4.69, 9.17) is 9.52 Å². The van der Waals surface area contributed by atoms with E-state index in [2.05, 4.69) is 36.4 Å². The average Bonchev–Trinajstić information content (AvgIpc) is 2.81. The summed E-state index contributed by atoms with van der Waals surface area (Å²) in [4.78, 5) is 0.525. The molecule has 1 unspecified atom stereocenters. The zero-order valence-electron chi connectivity index (χ0n) is 17.4. The normalized spacial score (nSPS) is 13.5. The molecule has 31 heavy (non-hydrogen) atoms. The molecule has 0 saturated heterocycles. The molecule has 0 aliphatic heterocycles. The van der Waals surface area contributed by atoms with Crippen LogP contribution in [0.3, 0.4) is 0 Å². The molecule has 0 radical (unpaired) electrons. The van der Waals surface area contributed by atoms with Crippen LogP contribution in [0.1, 0.15) is 22.3 Å². The van der Waals surface area contributed by atoms with Crippen molar-refractivity contribution in [1.29, 1.82) is 4.78 Å². The summed E-state index contributed by atoms with van der Waals surface area (Å²) in [5.41, 5.74) is 3.32. The Labute approximate surface area is 184 Å². The standard InChI is InChI=1S/C27H25NO2S/c1-31(28,29)26-19-17-22(18-20-26)21-30-27(23-11-5-2-6-12-23,24-13-7-3-8-14-24)25-15-9-4-10-16-25/h2-20,28H,21H2,1H3. The molecule has 4 rings (SSSR count).